The predicted octanol–water partition coefficient (Wildman–Crippen LogP) is 0.882. The summed E-state index contributed by atoms with van der Waals surface area (Å²) < 4.78 is 5.89. The van der Waals surface area contributed by atoms with Gasteiger partial charge in [0, 0.05) is 18.3 Å². The van der Waals surface area contributed by atoms with Crippen molar-refractivity contribution < 1.29 is 19.6 Å². The first-order valence-corrected chi connectivity index (χ1v) is 5.01. The second kappa shape index (κ2) is 4.72. The molecule has 2 heterocycles. The summed E-state index contributed by atoms with van der Waals surface area (Å²) in [6, 6.07) is 3.76. The Morgan fingerprint density at radius 2 is 2.21 bits per heavy atom. The van der Waals surface area contributed by atoms with Crippen molar-refractivity contribution in [2.24, 2.45) is 0 Å². The van der Waals surface area contributed by atoms with Crippen LogP contribution in [0.2, 0.25) is 0 Å². The summed E-state index contributed by atoms with van der Waals surface area (Å²) >= 11 is 0. The van der Waals surface area contributed by atoms with Gasteiger partial charge in [-0.1, -0.05) is 0 Å². The Bertz CT molecular complexity index is 651. The molecule has 0 amide bonds. The van der Waals surface area contributed by atoms with Crippen LogP contribution in [-0.2, 0) is 0 Å². The van der Waals surface area contributed by atoms with Gasteiger partial charge in [-0.15, -0.1) is 0 Å². The topological polar surface area (TPSA) is 120 Å². The van der Waals surface area contributed by atoms with E-state index >= 15 is 0 Å². The highest BCUT2D eigenvalue weighted by atomic mass is 16.6. The van der Waals surface area contributed by atoms with Crippen molar-refractivity contribution in [2.45, 2.75) is 0 Å². The van der Waals surface area contributed by atoms with Gasteiger partial charge in [0.2, 0.25) is 11.7 Å². The highest BCUT2D eigenvalue weighted by Gasteiger charge is 2.20. The molecule has 9 heteroatoms. The second-order valence-corrected chi connectivity index (χ2v) is 3.40. The van der Waals surface area contributed by atoms with E-state index in [9.17, 15) is 14.9 Å². The minimum atomic E-state index is -1.23. The number of hydrogen-bond acceptors (Lipinski definition) is 6. The van der Waals surface area contributed by atoms with Crippen molar-refractivity contribution in [3.05, 3.63) is 40.2 Å². The minimum Gasteiger partial charge on any atom is -0.481 e. The summed E-state index contributed by atoms with van der Waals surface area (Å²) in [6.07, 6.45) is 1.28. The number of carbonyl (C=O) groups is 1. The Morgan fingerprint density at radius 3 is 2.74 bits per heavy atom. The van der Waals surface area contributed by atoms with Gasteiger partial charge in [-0.25, -0.2) is 9.48 Å². The predicted molar refractivity (Wildman–Crippen MR) is 61.5 cm³/mol. The summed E-state index contributed by atoms with van der Waals surface area (Å²) in [5.74, 6) is -1.19. The lowest BCUT2D eigenvalue weighted by atomic mass is 10.4. The van der Waals surface area contributed by atoms with Crippen LogP contribution in [0, 0.1) is 10.1 Å². The van der Waals surface area contributed by atoms with Crippen LogP contribution in [0.4, 0.5) is 5.69 Å². The Balaban J connectivity index is 2.57. The molecule has 0 saturated heterocycles. The highest BCUT2D eigenvalue weighted by molar-refractivity contribution is 5.85. The van der Waals surface area contributed by atoms with Gasteiger partial charge in [0.25, 0.3) is 0 Å². The van der Waals surface area contributed by atoms with Crippen LogP contribution in [0.15, 0.2) is 24.4 Å². The molecule has 0 aromatic carbocycles. The van der Waals surface area contributed by atoms with E-state index in [1.165, 1.54) is 31.5 Å². The Kier molecular flexibility index (Phi) is 3.10. The molecule has 1 N–H and O–H groups in total. The monoisotopic (exact) mass is 264 g/mol. The van der Waals surface area contributed by atoms with E-state index in [0.29, 0.717) is 0 Å². The normalized spacial score (nSPS) is 10.2. The molecule has 0 bridgehead atoms. The molecule has 9 nitrogen and oxygen atoms in total. The van der Waals surface area contributed by atoms with Gasteiger partial charge in [0.15, 0.2) is 5.69 Å². The van der Waals surface area contributed by atoms with E-state index in [2.05, 4.69) is 10.1 Å². The lowest BCUT2D eigenvalue weighted by Gasteiger charge is -2.04. The number of nitro groups is 1. The number of carboxylic acid groups (broad SMARTS) is 1. The molecular formula is C10H8N4O5. The molecule has 0 atom stereocenters. The molecular weight excluding hydrogens is 256 g/mol. The Labute approximate surface area is 106 Å². The molecule has 2 aromatic rings. The van der Waals surface area contributed by atoms with Crippen molar-refractivity contribution >= 4 is 11.7 Å². The van der Waals surface area contributed by atoms with Gasteiger partial charge in [0.05, 0.1) is 12.0 Å². The molecule has 0 aliphatic carbocycles. The second-order valence-electron chi connectivity index (χ2n) is 3.40. The largest absolute Gasteiger partial charge is 0.481 e. The minimum absolute atomic E-state index is 0.114. The molecule has 0 fully saturated rings. The van der Waals surface area contributed by atoms with Crippen LogP contribution >= 0.6 is 0 Å². The fourth-order valence-electron chi connectivity index (χ4n) is 1.40. The van der Waals surface area contributed by atoms with E-state index in [1.54, 1.807) is 0 Å². The van der Waals surface area contributed by atoms with Crippen molar-refractivity contribution in [1.82, 2.24) is 14.8 Å². The number of pyridine rings is 1. The average molecular weight is 264 g/mol. The fraction of sp³-hybridized carbons (Fsp3) is 0.100. The van der Waals surface area contributed by atoms with Crippen LogP contribution < -0.4 is 4.74 Å². The first-order chi connectivity index (χ1) is 9.02. The van der Waals surface area contributed by atoms with Gasteiger partial charge < -0.3 is 9.84 Å². The van der Waals surface area contributed by atoms with Gasteiger partial charge >= 0.3 is 11.7 Å². The van der Waals surface area contributed by atoms with E-state index in [1.807, 2.05) is 0 Å². The average Bonchev–Trinajstić information content (AvgIpc) is 2.87. The molecule has 0 spiro atoms. The maximum absolute atomic E-state index is 10.9. The molecule has 19 heavy (non-hydrogen) atoms. The third-order valence-corrected chi connectivity index (χ3v) is 2.26. The highest BCUT2D eigenvalue weighted by Crippen LogP contribution is 2.23. The number of rotatable bonds is 4. The van der Waals surface area contributed by atoms with E-state index < -0.39 is 10.9 Å². The Morgan fingerprint density at radius 1 is 1.47 bits per heavy atom. The van der Waals surface area contributed by atoms with E-state index in [0.717, 1.165) is 4.68 Å². The summed E-state index contributed by atoms with van der Waals surface area (Å²) in [4.78, 5) is 24.9. The quantitative estimate of drug-likeness (QED) is 0.642. The summed E-state index contributed by atoms with van der Waals surface area (Å²) in [5, 5.41) is 23.4. The zero-order valence-electron chi connectivity index (χ0n) is 9.68. The molecule has 0 radical (unpaired) electrons. The molecule has 0 aliphatic rings. The van der Waals surface area contributed by atoms with Crippen LogP contribution in [-0.4, -0.2) is 37.9 Å². The molecule has 2 rings (SSSR count). The third kappa shape index (κ3) is 2.34. The maximum Gasteiger partial charge on any atom is 0.356 e. The van der Waals surface area contributed by atoms with Crippen molar-refractivity contribution in [3.8, 4) is 11.7 Å². The number of aromatic nitrogens is 3. The van der Waals surface area contributed by atoms with Crippen LogP contribution in [0.25, 0.3) is 5.82 Å². The zero-order chi connectivity index (χ0) is 14.0. The fourth-order valence-corrected chi connectivity index (χ4v) is 1.40. The van der Waals surface area contributed by atoms with Crippen LogP contribution in [0.3, 0.4) is 0 Å². The van der Waals surface area contributed by atoms with Gasteiger partial charge in [0.1, 0.15) is 0 Å². The summed E-state index contributed by atoms with van der Waals surface area (Å²) in [7, 11) is 1.36. The van der Waals surface area contributed by atoms with Crippen molar-refractivity contribution in [2.75, 3.05) is 7.11 Å². The number of nitrogens with zero attached hydrogens (tertiary/aromatic N) is 4. The molecule has 0 unspecified atom stereocenters. The number of aromatic carboxylic acids is 1. The summed E-state index contributed by atoms with van der Waals surface area (Å²) in [5.41, 5.74) is -0.542. The number of hydrogen-bond donors (Lipinski definition) is 1. The lowest BCUT2D eigenvalue weighted by molar-refractivity contribution is -0.385. The molecule has 98 valence electrons. The van der Waals surface area contributed by atoms with E-state index in [4.69, 9.17) is 9.84 Å². The van der Waals surface area contributed by atoms with Gasteiger partial charge in [-0.2, -0.15) is 10.1 Å². The number of carboxylic acids is 1. The molecule has 0 saturated carbocycles. The molecule has 2 aromatic heterocycles. The SMILES string of the molecule is COc1ccc([N+](=O)[O-])c(-n2ccc(C(=O)O)n2)n1. The Hall–Kier alpha value is -2.97. The van der Waals surface area contributed by atoms with E-state index in [-0.39, 0.29) is 23.1 Å². The van der Waals surface area contributed by atoms with Crippen LogP contribution in [0.1, 0.15) is 10.5 Å². The summed E-state index contributed by atoms with van der Waals surface area (Å²) in [6.45, 7) is 0. The molecule has 0 aliphatic heterocycles. The lowest BCUT2D eigenvalue weighted by Crippen LogP contribution is -2.06. The standard InChI is InChI=1S/C10H8N4O5/c1-19-8-3-2-7(14(17)18)9(11-8)13-5-4-6(12-13)10(15)16/h2-5H,1H3,(H,15,16). The first-order valence-electron chi connectivity index (χ1n) is 5.01. The van der Waals surface area contributed by atoms with Crippen molar-refractivity contribution in [1.29, 1.82) is 0 Å². The van der Waals surface area contributed by atoms with Gasteiger partial charge in [-0.3, -0.25) is 10.1 Å². The van der Waals surface area contributed by atoms with Crippen LogP contribution in [0.5, 0.6) is 5.88 Å². The number of ether oxygens (including phenoxy) is 1. The number of methoxy groups -OCH3 is 1. The van der Waals surface area contributed by atoms with Crippen molar-refractivity contribution in [3.63, 3.8) is 0 Å². The smallest absolute Gasteiger partial charge is 0.356 e. The van der Waals surface area contributed by atoms with Gasteiger partial charge in [-0.05, 0) is 6.07 Å². The first kappa shape index (κ1) is 12.5. The third-order valence-electron chi connectivity index (χ3n) is 2.26. The zero-order valence-corrected chi connectivity index (χ0v) is 9.68. The maximum atomic E-state index is 10.9.